The number of halogens is 1. The van der Waals surface area contributed by atoms with Gasteiger partial charge in [0.2, 0.25) is 0 Å². The summed E-state index contributed by atoms with van der Waals surface area (Å²) in [6.07, 6.45) is 2.10. The van der Waals surface area contributed by atoms with Crippen LogP contribution in [0.3, 0.4) is 0 Å². The first-order chi connectivity index (χ1) is 12.0. The van der Waals surface area contributed by atoms with Gasteiger partial charge < -0.3 is 14.8 Å². The summed E-state index contributed by atoms with van der Waals surface area (Å²) < 4.78 is 10.9. The predicted molar refractivity (Wildman–Crippen MR) is 100 cm³/mol. The molecule has 2 aromatic rings. The molecule has 0 fully saturated rings. The average molecular weight is 406 g/mol. The topological polar surface area (TPSA) is 64.6 Å². The van der Waals surface area contributed by atoms with E-state index in [0.717, 1.165) is 12.8 Å². The molecule has 132 valence electrons. The molecule has 2 aromatic carbocycles. The highest BCUT2D eigenvalue weighted by Crippen LogP contribution is 2.22. The van der Waals surface area contributed by atoms with E-state index in [1.54, 1.807) is 18.2 Å². The number of carbonyl (C=O) groups is 2. The van der Waals surface area contributed by atoms with E-state index in [-0.39, 0.29) is 18.1 Å². The molecule has 6 heteroatoms. The van der Waals surface area contributed by atoms with Gasteiger partial charge in [-0.05, 0) is 42.3 Å². The van der Waals surface area contributed by atoms with Crippen LogP contribution in [0, 0.1) is 0 Å². The van der Waals surface area contributed by atoms with Crippen molar-refractivity contribution in [3.8, 4) is 5.75 Å². The molecule has 1 amide bonds. The van der Waals surface area contributed by atoms with Crippen LogP contribution in [0.5, 0.6) is 5.75 Å². The fraction of sp³-hybridized carbons (Fsp3) is 0.263. The van der Waals surface area contributed by atoms with Gasteiger partial charge in [0.15, 0.2) is 6.61 Å². The van der Waals surface area contributed by atoms with Gasteiger partial charge >= 0.3 is 5.97 Å². The van der Waals surface area contributed by atoms with Crippen LogP contribution in [0.1, 0.15) is 29.3 Å². The van der Waals surface area contributed by atoms with Crippen molar-refractivity contribution in [3.63, 3.8) is 0 Å². The number of hydrogen-bond donors (Lipinski definition) is 1. The van der Waals surface area contributed by atoms with E-state index in [2.05, 4.69) is 28.2 Å². The van der Waals surface area contributed by atoms with Crippen molar-refractivity contribution in [1.29, 1.82) is 0 Å². The lowest BCUT2D eigenvalue weighted by Crippen LogP contribution is -2.21. The zero-order valence-corrected chi connectivity index (χ0v) is 15.8. The smallest absolute Gasteiger partial charge is 0.340 e. The molecule has 1 N–H and O–H groups in total. The number of ether oxygens (including phenoxy) is 2. The van der Waals surface area contributed by atoms with Crippen LogP contribution in [0.25, 0.3) is 0 Å². The molecule has 0 heterocycles. The van der Waals surface area contributed by atoms with Crippen molar-refractivity contribution in [1.82, 2.24) is 0 Å². The highest BCUT2D eigenvalue weighted by molar-refractivity contribution is 9.10. The van der Waals surface area contributed by atoms with Gasteiger partial charge in [-0.2, -0.15) is 0 Å². The molecule has 0 bridgehead atoms. The second-order valence-corrected chi connectivity index (χ2v) is 6.33. The molecule has 0 unspecified atom stereocenters. The number of aryl methyl sites for hydroxylation is 1. The van der Waals surface area contributed by atoms with Gasteiger partial charge in [-0.3, -0.25) is 4.79 Å². The average Bonchev–Trinajstić information content (AvgIpc) is 2.62. The van der Waals surface area contributed by atoms with E-state index in [9.17, 15) is 9.59 Å². The van der Waals surface area contributed by atoms with E-state index in [1.165, 1.54) is 12.7 Å². The van der Waals surface area contributed by atoms with Crippen LogP contribution in [0.15, 0.2) is 46.9 Å². The van der Waals surface area contributed by atoms with Crippen molar-refractivity contribution in [3.05, 3.63) is 58.1 Å². The number of anilines is 1. The molecule has 0 saturated heterocycles. The van der Waals surface area contributed by atoms with Gasteiger partial charge in [0.1, 0.15) is 5.75 Å². The highest BCUT2D eigenvalue weighted by Gasteiger charge is 2.14. The third-order valence-electron chi connectivity index (χ3n) is 3.49. The third kappa shape index (κ3) is 5.60. The zero-order valence-electron chi connectivity index (χ0n) is 14.2. The number of amides is 1. The third-order valence-corrected chi connectivity index (χ3v) is 3.99. The van der Waals surface area contributed by atoms with E-state index in [0.29, 0.717) is 15.9 Å². The number of hydrogen-bond acceptors (Lipinski definition) is 4. The second-order valence-electron chi connectivity index (χ2n) is 5.41. The number of nitrogens with one attached hydrogen (secondary N) is 1. The van der Waals surface area contributed by atoms with Crippen molar-refractivity contribution in [2.45, 2.75) is 19.8 Å². The lowest BCUT2D eigenvalue weighted by Gasteiger charge is -2.11. The minimum Gasteiger partial charge on any atom is -0.484 e. The lowest BCUT2D eigenvalue weighted by atomic mass is 10.1. The van der Waals surface area contributed by atoms with Crippen LogP contribution in [0.2, 0.25) is 0 Å². The molecule has 0 aliphatic carbocycles. The summed E-state index contributed by atoms with van der Waals surface area (Å²) in [5, 5.41) is 2.67. The number of methoxy groups -OCH3 is 1. The minimum absolute atomic E-state index is 0.149. The monoisotopic (exact) mass is 405 g/mol. The maximum Gasteiger partial charge on any atom is 0.340 e. The summed E-state index contributed by atoms with van der Waals surface area (Å²) in [6.45, 7) is 1.98. The molecule has 0 saturated carbocycles. The summed E-state index contributed by atoms with van der Waals surface area (Å²) in [5.41, 5.74) is 1.88. The Morgan fingerprint density at radius 1 is 1.12 bits per heavy atom. The fourth-order valence-corrected chi connectivity index (χ4v) is 2.64. The Labute approximate surface area is 155 Å². The first-order valence-electron chi connectivity index (χ1n) is 7.93. The van der Waals surface area contributed by atoms with Crippen LogP contribution >= 0.6 is 15.9 Å². The molecule has 0 aliphatic heterocycles. The number of esters is 1. The Bertz CT molecular complexity index is 744. The summed E-state index contributed by atoms with van der Waals surface area (Å²) in [6, 6.07) is 12.6. The van der Waals surface area contributed by atoms with Crippen LogP contribution in [0.4, 0.5) is 5.69 Å². The van der Waals surface area contributed by atoms with Crippen molar-refractivity contribution >= 4 is 33.5 Å². The van der Waals surface area contributed by atoms with Gasteiger partial charge in [0.25, 0.3) is 5.91 Å². The Balaban J connectivity index is 1.97. The molecule has 0 atom stereocenters. The number of rotatable bonds is 7. The van der Waals surface area contributed by atoms with Gasteiger partial charge in [-0.1, -0.05) is 41.4 Å². The fourth-order valence-electron chi connectivity index (χ4n) is 2.28. The maximum absolute atomic E-state index is 12.1. The first-order valence-corrected chi connectivity index (χ1v) is 8.72. The summed E-state index contributed by atoms with van der Waals surface area (Å²) in [5.74, 6) is -0.256. The largest absolute Gasteiger partial charge is 0.484 e. The van der Waals surface area contributed by atoms with Gasteiger partial charge in [-0.25, -0.2) is 4.79 Å². The second kappa shape index (κ2) is 9.22. The molecule has 5 nitrogen and oxygen atoms in total. The summed E-state index contributed by atoms with van der Waals surface area (Å²) >= 11 is 3.29. The van der Waals surface area contributed by atoms with Crippen LogP contribution < -0.4 is 10.1 Å². The Morgan fingerprint density at radius 2 is 1.84 bits per heavy atom. The van der Waals surface area contributed by atoms with Gasteiger partial charge in [-0.15, -0.1) is 0 Å². The molecule has 0 aromatic heterocycles. The molecular formula is C19H20BrNO4. The quantitative estimate of drug-likeness (QED) is 0.700. The standard InChI is InChI=1S/C19H20BrNO4/c1-3-4-13-5-8-15(9-6-13)25-12-18(22)21-17-10-7-14(20)11-16(17)19(23)24-2/h5-11H,3-4,12H2,1-2H3,(H,21,22). The van der Waals surface area contributed by atoms with E-state index >= 15 is 0 Å². The van der Waals surface area contributed by atoms with E-state index in [4.69, 9.17) is 9.47 Å². The number of benzene rings is 2. The molecule has 0 aliphatic rings. The lowest BCUT2D eigenvalue weighted by molar-refractivity contribution is -0.118. The van der Waals surface area contributed by atoms with Gasteiger partial charge in [0.05, 0.1) is 18.4 Å². The Morgan fingerprint density at radius 3 is 2.48 bits per heavy atom. The van der Waals surface area contributed by atoms with Crippen molar-refractivity contribution < 1.29 is 19.1 Å². The van der Waals surface area contributed by atoms with Crippen molar-refractivity contribution in [2.75, 3.05) is 19.0 Å². The normalized spacial score (nSPS) is 10.2. The summed E-state index contributed by atoms with van der Waals surface area (Å²) in [4.78, 5) is 23.9. The van der Waals surface area contributed by atoms with Gasteiger partial charge in [0, 0.05) is 4.47 Å². The SMILES string of the molecule is CCCc1ccc(OCC(=O)Nc2ccc(Br)cc2C(=O)OC)cc1. The van der Waals surface area contributed by atoms with Crippen LogP contribution in [-0.2, 0) is 16.0 Å². The maximum atomic E-state index is 12.1. The zero-order chi connectivity index (χ0) is 18.2. The van der Waals surface area contributed by atoms with Crippen molar-refractivity contribution in [2.24, 2.45) is 0 Å². The molecule has 0 spiro atoms. The minimum atomic E-state index is -0.524. The molecule has 2 rings (SSSR count). The summed E-state index contributed by atoms with van der Waals surface area (Å²) in [7, 11) is 1.29. The Kier molecular flexibility index (Phi) is 7.01. The predicted octanol–water partition coefficient (Wildman–Crippen LogP) is 4.21. The first kappa shape index (κ1) is 19.0. The molecule has 0 radical (unpaired) electrons. The van der Waals surface area contributed by atoms with Crippen LogP contribution in [-0.4, -0.2) is 25.6 Å². The molecular weight excluding hydrogens is 386 g/mol. The van der Waals surface area contributed by atoms with E-state index in [1.807, 2.05) is 24.3 Å². The Hall–Kier alpha value is -2.34. The number of carbonyl (C=O) groups excluding carboxylic acids is 2. The highest BCUT2D eigenvalue weighted by atomic mass is 79.9. The van der Waals surface area contributed by atoms with E-state index < -0.39 is 5.97 Å². The molecule has 25 heavy (non-hydrogen) atoms.